The van der Waals surface area contributed by atoms with Crippen molar-refractivity contribution in [2.75, 3.05) is 12.4 Å². The molecule has 0 aliphatic rings. The third kappa shape index (κ3) is 5.24. The van der Waals surface area contributed by atoms with Gasteiger partial charge >= 0.3 is 0 Å². The molecule has 0 aliphatic carbocycles. The molecular weight excluding hydrogens is 355 g/mol. The first-order chi connectivity index (χ1) is 11.7. The second-order valence-electron chi connectivity index (χ2n) is 5.16. The molecule has 3 aromatic carbocycles. The van der Waals surface area contributed by atoms with Gasteiger partial charge in [0.25, 0.3) is 0 Å². The summed E-state index contributed by atoms with van der Waals surface area (Å²) < 4.78 is 5.22. The Morgan fingerprint density at radius 1 is 0.880 bits per heavy atom. The van der Waals surface area contributed by atoms with Crippen LogP contribution in [0.3, 0.4) is 0 Å². The van der Waals surface area contributed by atoms with Gasteiger partial charge in [0.2, 0.25) is 0 Å². The van der Waals surface area contributed by atoms with Crippen molar-refractivity contribution < 1.29 is 4.74 Å². The zero-order valence-electron chi connectivity index (χ0n) is 13.6. The van der Waals surface area contributed by atoms with Crippen molar-refractivity contribution >= 4 is 41.2 Å². The first-order valence-corrected chi connectivity index (χ1v) is 7.93. The number of benzene rings is 3. The van der Waals surface area contributed by atoms with Crippen LogP contribution in [0.2, 0.25) is 5.02 Å². The van der Waals surface area contributed by atoms with Crippen LogP contribution < -0.4 is 10.1 Å². The number of aliphatic imine (C=N–C) groups is 1. The molecule has 5 heteroatoms. The number of anilines is 1. The van der Waals surface area contributed by atoms with E-state index >= 15 is 0 Å². The molecule has 25 heavy (non-hydrogen) atoms. The van der Waals surface area contributed by atoms with Gasteiger partial charge in [-0.25, -0.2) is 4.99 Å². The molecule has 3 rings (SSSR count). The topological polar surface area (TPSA) is 33.6 Å². The predicted octanol–water partition coefficient (Wildman–Crippen LogP) is 5.96. The maximum Gasteiger partial charge on any atom is 0.138 e. The number of halogens is 2. The van der Waals surface area contributed by atoms with Gasteiger partial charge in [-0.2, -0.15) is 0 Å². The highest BCUT2D eigenvalue weighted by molar-refractivity contribution is 6.30. The van der Waals surface area contributed by atoms with Gasteiger partial charge in [-0.3, -0.25) is 0 Å². The Morgan fingerprint density at radius 3 is 2.12 bits per heavy atom. The van der Waals surface area contributed by atoms with Crippen LogP contribution in [0, 0.1) is 0 Å². The standard InChI is InChI=1S/C20H17ClN2O.ClH/c1-24-19-13-7-15(8-14-19)20(22-17-5-3-2-4-6-17)23-18-11-9-16(21)10-12-18;/h2-14H,1H3,(H,22,23);1H. The third-order valence-electron chi connectivity index (χ3n) is 3.47. The van der Waals surface area contributed by atoms with Gasteiger partial charge in [0.1, 0.15) is 11.6 Å². The van der Waals surface area contributed by atoms with Gasteiger partial charge in [0.05, 0.1) is 12.8 Å². The monoisotopic (exact) mass is 372 g/mol. The number of ether oxygens (including phenoxy) is 1. The lowest BCUT2D eigenvalue weighted by molar-refractivity contribution is 0.415. The second kappa shape index (κ2) is 9.11. The van der Waals surface area contributed by atoms with Crippen LogP contribution >= 0.6 is 24.0 Å². The Hall–Kier alpha value is -2.49. The number of hydrogen-bond acceptors (Lipinski definition) is 2. The first kappa shape index (κ1) is 18.8. The van der Waals surface area contributed by atoms with Crippen molar-refractivity contribution in [2.24, 2.45) is 4.99 Å². The van der Waals surface area contributed by atoms with Gasteiger partial charge in [-0.05, 0) is 60.7 Å². The second-order valence-corrected chi connectivity index (χ2v) is 5.59. The van der Waals surface area contributed by atoms with E-state index in [1.807, 2.05) is 78.9 Å². The Kier molecular flexibility index (Phi) is 6.87. The van der Waals surface area contributed by atoms with Crippen molar-refractivity contribution in [3.63, 3.8) is 0 Å². The third-order valence-corrected chi connectivity index (χ3v) is 3.72. The van der Waals surface area contributed by atoms with E-state index in [-0.39, 0.29) is 12.4 Å². The minimum atomic E-state index is 0. The molecule has 0 fully saturated rings. The fourth-order valence-corrected chi connectivity index (χ4v) is 2.34. The number of amidine groups is 1. The zero-order chi connectivity index (χ0) is 16.8. The molecule has 3 nitrogen and oxygen atoms in total. The number of hydrogen-bond donors (Lipinski definition) is 1. The predicted molar refractivity (Wildman–Crippen MR) is 108 cm³/mol. The van der Waals surface area contributed by atoms with E-state index in [4.69, 9.17) is 21.3 Å². The van der Waals surface area contributed by atoms with Gasteiger partial charge in [0, 0.05) is 16.3 Å². The van der Waals surface area contributed by atoms with Crippen molar-refractivity contribution in [3.8, 4) is 5.75 Å². The van der Waals surface area contributed by atoms with E-state index in [0.29, 0.717) is 5.02 Å². The number of methoxy groups -OCH3 is 1. The van der Waals surface area contributed by atoms with Crippen molar-refractivity contribution in [2.45, 2.75) is 0 Å². The van der Waals surface area contributed by atoms with Crippen molar-refractivity contribution in [1.29, 1.82) is 0 Å². The number of nitrogens with one attached hydrogen (secondary N) is 1. The summed E-state index contributed by atoms with van der Waals surface area (Å²) in [5.41, 5.74) is 2.77. The number of nitrogens with zero attached hydrogens (tertiary/aromatic N) is 1. The zero-order valence-corrected chi connectivity index (χ0v) is 15.2. The van der Waals surface area contributed by atoms with E-state index in [1.54, 1.807) is 7.11 Å². The highest BCUT2D eigenvalue weighted by Gasteiger charge is 2.05. The van der Waals surface area contributed by atoms with Crippen LogP contribution in [0.25, 0.3) is 0 Å². The summed E-state index contributed by atoms with van der Waals surface area (Å²) in [4.78, 5) is 4.73. The van der Waals surface area contributed by atoms with E-state index in [2.05, 4.69) is 5.32 Å². The fraction of sp³-hybridized carbons (Fsp3) is 0.0500. The average Bonchev–Trinajstić information content (AvgIpc) is 2.64. The van der Waals surface area contributed by atoms with Crippen molar-refractivity contribution in [3.05, 3.63) is 89.4 Å². The Morgan fingerprint density at radius 2 is 1.52 bits per heavy atom. The summed E-state index contributed by atoms with van der Waals surface area (Å²) >= 11 is 5.95. The Labute approximate surface area is 158 Å². The minimum Gasteiger partial charge on any atom is -0.497 e. The lowest BCUT2D eigenvalue weighted by atomic mass is 10.2. The number of rotatable bonds is 4. The molecule has 0 heterocycles. The van der Waals surface area contributed by atoms with Crippen LogP contribution in [0.15, 0.2) is 83.9 Å². The SMILES string of the molecule is COc1ccc(C(=Nc2ccc(Cl)cc2)Nc2ccccc2)cc1.Cl. The van der Waals surface area contributed by atoms with E-state index in [9.17, 15) is 0 Å². The summed E-state index contributed by atoms with van der Waals surface area (Å²) in [6, 6.07) is 25.2. The van der Waals surface area contributed by atoms with Crippen LogP contribution in [-0.4, -0.2) is 12.9 Å². The lowest BCUT2D eigenvalue weighted by Crippen LogP contribution is -2.13. The molecule has 0 saturated heterocycles. The highest BCUT2D eigenvalue weighted by Crippen LogP contribution is 2.20. The summed E-state index contributed by atoms with van der Waals surface area (Å²) in [6.07, 6.45) is 0. The quantitative estimate of drug-likeness (QED) is 0.452. The molecule has 1 N–H and O–H groups in total. The van der Waals surface area contributed by atoms with E-state index in [1.165, 1.54) is 0 Å². The minimum absolute atomic E-state index is 0. The Balaban J connectivity index is 0.00000225. The number of para-hydroxylation sites is 1. The molecule has 0 aliphatic heterocycles. The molecule has 128 valence electrons. The largest absolute Gasteiger partial charge is 0.497 e. The summed E-state index contributed by atoms with van der Waals surface area (Å²) in [5.74, 6) is 1.57. The highest BCUT2D eigenvalue weighted by atomic mass is 35.5. The summed E-state index contributed by atoms with van der Waals surface area (Å²) in [7, 11) is 1.65. The molecule has 0 radical (unpaired) electrons. The van der Waals surface area contributed by atoms with Crippen LogP contribution in [0.5, 0.6) is 5.75 Å². The molecular formula is C20H18Cl2N2O. The molecule has 0 aromatic heterocycles. The maximum absolute atomic E-state index is 5.95. The van der Waals surface area contributed by atoms with Gasteiger partial charge < -0.3 is 10.1 Å². The first-order valence-electron chi connectivity index (χ1n) is 7.55. The van der Waals surface area contributed by atoms with Crippen LogP contribution in [-0.2, 0) is 0 Å². The van der Waals surface area contributed by atoms with Gasteiger partial charge in [-0.1, -0.05) is 29.8 Å². The molecule has 0 amide bonds. The van der Waals surface area contributed by atoms with Gasteiger partial charge in [0.15, 0.2) is 0 Å². The van der Waals surface area contributed by atoms with Crippen LogP contribution in [0.4, 0.5) is 11.4 Å². The molecule has 0 unspecified atom stereocenters. The molecule has 0 spiro atoms. The summed E-state index contributed by atoms with van der Waals surface area (Å²) in [6.45, 7) is 0. The summed E-state index contributed by atoms with van der Waals surface area (Å²) in [5, 5.41) is 4.06. The Bertz CT molecular complexity index is 817. The maximum atomic E-state index is 5.95. The van der Waals surface area contributed by atoms with E-state index in [0.717, 1.165) is 28.5 Å². The fourth-order valence-electron chi connectivity index (χ4n) is 2.22. The smallest absolute Gasteiger partial charge is 0.138 e. The average molecular weight is 373 g/mol. The van der Waals surface area contributed by atoms with E-state index < -0.39 is 0 Å². The lowest BCUT2D eigenvalue weighted by Gasteiger charge is -2.11. The van der Waals surface area contributed by atoms with Gasteiger partial charge in [-0.15, -0.1) is 12.4 Å². The molecule has 0 atom stereocenters. The molecule has 0 bridgehead atoms. The van der Waals surface area contributed by atoms with Crippen LogP contribution in [0.1, 0.15) is 5.56 Å². The molecule has 0 saturated carbocycles. The molecule has 3 aromatic rings. The van der Waals surface area contributed by atoms with Crippen molar-refractivity contribution in [1.82, 2.24) is 0 Å². The normalized spacial score (nSPS) is 10.7.